The van der Waals surface area contributed by atoms with Crippen molar-refractivity contribution in [2.24, 2.45) is 0 Å². The molecular weight excluding hydrogens is 364 g/mol. The quantitative estimate of drug-likeness (QED) is 0.414. The third kappa shape index (κ3) is 3.45. The minimum absolute atomic E-state index is 0.659. The number of nitriles is 1. The molecule has 132 valence electrons. The molecular formula is C18H18N6S2. The highest BCUT2D eigenvalue weighted by atomic mass is 32.2. The number of rotatable bonds is 4. The Balaban J connectivity index is 0.000000948. The maximum Gasteiger partial charge on any atom is 0.171 e. The number of H-pyrrole nitrogens is 2. The van der Waals surface area contributed by atoms with Crippen molar-refractivity contribution in [3.05, 3.63) is 47.1 Å². The number of thiazole rings is 1. The van der Waals surface area contributed by atoms with Crippen molar-refractivity contribution in [1.82, 2.24) is 20.2 Å². The molecule has 0 aliphatic heterocycles. The van der Waals surface area contributed by atoms with Gasteiger partial charge in [0.25, 0.3) is 0 Å². The van der Waals surface area contributed by atoms with E-state index in [0.29, 0.717) is 5.56 Å². The van der Waals surface area contributed by atoms with Crippen LogP contribution in [-0.4, -0.2) is 20.2 Å². The van der Waals surface area contributed by atoms with Gasteiger partial charge in [-0.3, -0.25) is 5.10 Å². The van der Waals surface area contributed by atoms with Crippen molar-refractivity contribution in [3.63, 3.8) is 0 Å². The summed E-state index contributed by atoms with van der Waals surface area (Å²) in [6, 6.07) is 8.13. The van der Waals surface area contributed by atoms with Crippen molar-refractivity contribution < 1.29 is 0 Å². The second-order valence-electron chi connectivity index (χ2n) is 5.17. The molecule has 3 N–H and O–H groups in total. The fraction of sp³-hybridized carbons (Fsp3) is 0.167. The predicted octanol–water partition coefficient (Wildman–Crippen LogP) is 5.34. The van der Waals surface area contributed by atoms with E-state index in [2.05, 4.69) is 31.0 Å². The average Bonchev–Trinajstić information content (AvgIpc) is 3.42. The lowest BCUT2D eigenvalue weighted by molar-refractivity contribution is 1.08. The van der Waals surface area contributed by atoms with Gasteiger partial charge in [-0.2, -0.15) is 10.4 Å². The molecule has 6 nitrogen and oxygen atoms in total. The topological polar surface area (TPSA) is 93.2 Å². The van der Waals surface area contributed by atoms with Gasteiger partial charge in [-0.05, 0) is 24.6 Å². The fourth-order valence-corrected chi connectivity index (χ4v) is 4.03. The highest BCUT2D eigenvalue weighted by Gasteiger charge is 2.11. The Labute approximate surface area is 159 Å². The van der Waals surface area contributed by atoms with Crippen LogP contribution in [0.15, 0.2) is 40.3 Å². The van der Waals surface area contributed by atoms with E-state index in [9.17, 15) is 5.26 Å². The summed E-state index contributed by atoms with van der Waals surface area (Å²) >= 11 is 3.01. The zero-order valence-corrected chi connectivity index (χ0v) is 16.3. The smallest absolute Gasteiger partial charge is 0.171 e. The van der Waals surface area contributed by atoms with Crippen molar-refractivity contribution in [2.45, 2.75) is 25.1 Å². The maximum atomic E-state index is 9.23. The lowest BCUT2D eigenvalue weighted by Gasteiger charge is -2.06. The third-order valence-corrected chi connectivity index (χ3v) is 5.43. The lowest BCUT2D eigenvalue weighted by Crippen LogP contribution is -1.89. The number of hydrogen-bond acceptors (Lipinski definition) is 6. The summed E-state index contributed by atoms with van der Waals surface area (Å²) in [5, 5.41) is 19.0. The van der Waals surface area contributed by atoms with Crippen LogP contribution in [0, 0.1) is 18.3 Å². The van der Waals surface area contributed by atoms with Crippen LogP contribution >= 0.6 is 23.3 Å². The van der Waals surface area contributed by atoms with E-state index in [1.165, 1.54) is 11.9 Å². The van der Waals surface area contributed by atoms with Crippen molar-refractivity contribution in [2.75, 3.05) is 4.72 Å². The fourth-order valence-electron chi connectivity index (χ4n) is 2.52. The van der Waals surface area contributed by atoms with Gasteiger partial charge in [0.2, 0.25) is 0 Å². The molecule has 1 aromatic carbocycles. The Morgan fingerprint density at radius 2 is 2.12 bits per heavy atom. The first-order chi connectivity index (χ1) is 12.8. The van der Waals surface area contributed by atoms with Crippen molar-refractivity contribution >= 4 is 39.9 Å². The zero-order valence-electron chi connectivity index (χ0n) is 14.6. The first-order valence-corrected chi connectivity index (χ1v) is 9.85. The van der Waals surface area contributed by atoms with Crippen LogP contribution in [0.4, 0.5) is 5.69 Å². The average molecular weight is 383 g/mol. The molecule has 0 unspecified atom stereocenters. The van der Waals surface area contributed by atoms with Crippen LogP contribution in [-0.2, 0) is 0 Å². The first-order valence-electron chi connectivity index (χ1n) is 8.15. The third-order valence-electron chi connectivity index (χ3n) is 3.67. The molecule has 0 saturated carbocycles. The predicted molar refractivity (Wildman–Crippen MR) is 108 cm³/mol. The summed E-state index contributed by atoms with van der Waals surface area (Å²) in [4.78, 5) is 7.76. The Morgan fingerprint density at radius 3 is 2.85 bits per heavy atom. The first kappa shape index (κ1) is 18.0. The number of nitrogens with zero attached hydrogens (tertiary/aromatic N) is 3. The molecule has 0 bridgehead atoms. The van der Waals surface area contributed by atoms with E-state index in [1.54, 1.807) is 23.7 Å². The Bertz CT molecular complexity index is 1040. The van der Waals surface area contributed by atoms with Crippen molar-refractivity contribution in [1.29, 1.82) is 5.26 Å². The van der Waals surface area contributed by atoms with Gasteiger partial charge in [-0.1, -0.05) is 19.9 Å². The minimum atomic E-state index is 0.659. The summed E-state index contributed by atoms with van der Waals surface area (Å²) in [5.41, 5.74) is 5.38. The summed E-state index contributed by atoms with van der Waals surface area (Å²) in [6.45, 7) is 6.01. The summed E-state index contributed by atoms with van der Waals surface area (Å²) < 4.78 is 4.23. The van der Waals surface area contributed by atoms with E-state index in [-0.39, 0.29) is 0 Å². The van der Waals surface area contributed by atoms with Gasteiger partial charge in [0.15, 0.2) is 4.34 Å². The molecule has 3 heterocycles. The number of fused-ring (bicyclic) bond motifs is 1. The van der Waals surface area contributed by atoms with E-state index in [0.717, 1.165) is 37.9 Å². The van der Waals surface area contributed by atoms with Crippen LogP contribution in [0.25, 0.3) is 22.3 Å². The molecule has 0 saturated heterocycles. The summed E-state index contributed by atoms with van der Waals surface area (Å²) in [7, 11) is 0. The standard InChI is InChI=1S/C16H12N6S2.C2H6/c1-9-2-3-12(15-14(9)10(6-17)7-18-15)22-24-16-20-13(8-23-16)11-4-5-19-21-11;1-2/h2-5,7-8,18,22H,1H3,(H,19,21);1-2H3. The molecule has 0 fully saturated rings. The van der Waals surface area contributed by atoms with Gasteiger partial charge in [-0.15, -0.1) is 11.3 Å². The lowest BCUT2D eigenvalue weighted by atomic mass is 10.1. The molecule has 0 radical (unpaired) electrons. The number of aromatic nitrogens is 4. The number of aryl methyl sites for hydroxylation is 1. The molecule has 3 aromatic heterocycles. The van der Waals surface area contributed by atoms with Crippen LogP contribution in [0.3, 0.4) is 0 Å². The summed E-state index contributed by atoms with van der Waals surface area (Å²) in [6.07, 6.45) is 3.45. The van der Waals surface area contributed by atoms with Gasteiger partial charge < -0.3 is 9.71 Å². The van der Waals surface area contributed by atoms with Crippen LogP contribution in [0.2, 0.25) is 0 Å². The maximum absolute atomic E-state index is 9.23. The van der Waals surface area contributed by atoms with E-state index in [1.807, 2.05) is 44.4 Å². The number of aromatic amines is 2. The largest absolute Gasteiger partial charge is 0.358 e. The van der Waals surface area contributed by atoms with Crippen LogP contribution in [0.1, 0.15) is 25.0 Å². The van der Waals surface area contributed by atoms with E-state index >= 15 is 0 Å². The highest BCUT2D eigenvalue weighted by molar-refractivity contribution is 8.02. The highest BCUT2D eigenvalue weighted by Crippen LogP contribution is 2.33. The second-order valence-corrected chi connectivity index (χ2v) is 7.08. The molecule has 26 heavy (non-hydrogen) atoms. The number of anilines is 1. The molecule has 0 amide bonds. The number of hydrogen-bond donors (Lipinski definition) is 3. The molecule has 4 rings (SSSR count). The van der Waals surface area contributed by atoms with Gasteiger partial charge >= 0.3 is 0 Å². The van der Waals surface area contributed by atoms with Gasteiger partial charge in [0, 0.05) is 35.1 Å². The number of nitrogens with one attached hydrogen (secondary N) is 3. The molecule has 8 heteroatoms. The second kappa shape index (κ2) is 8.08. The summed E-state index contributed by atoms with van der Waals surface area (Å²) in [5.74, 6) is 0. The van der Waals surface area contributed by atoms with Crippen LogP contribution < -0.4 is 4.72 Å². The molecule has 4 aromatic rings. The molecule has 0 aliphatic rings. The SMILES string of the molecule is CC.Cc1ccc(NSc2nc(-c3ccn[nH]3)cs2)c2[nH]cc(C#N)c12. The van der Waals surface area contributed by atoms with Gasteiger partial charge in [0.05, 0.1) is 22.5 Å². The van der Waals surface area contributed by atoms with E-state index < -0.39 is 0 Å². The molecule has 0 atom stereocenters. The van der Waals surface area contributed by atoms with Gasteiger partial charge in [0.1, 0.15) is 11.8 Å². The Morgan fingerprint density at radius 1 is 1.27 bits per heavy atom. The molecule has 0 spiro atoms. The van der Waals surface area contributed by atoms with Gasteiger partial charge in [-0.25, -0.2) is 4.98 Å². The monoisotopic (exact) mass is 382 g/mol. The Hall–Kier alpha value is -2.76. The van der Waals surface area contributed by atoms with Crippen LogP contribution in [0.5, 0.6) is 0 Å². The van der Waals surface area contributed by atoms with Crippen molar-refractivity contribution in [3.8, 4) is 17.5 Å². The minimum Gasteiger partial charge on any atom is -0.358 e. The van der Waals surface area contributed by atoms with E-state index in [4.69, 9.17) is 0 Å². The number of benzene rings is 1. The Kier molecular flexibility index (Phi) is 5.61. The molecule has 0 aliphatic carbocycles. The zero-order chi connectivity index (χ0) is 18.5. The normalized spacial score (nSPS) is 10.2.